The van der Waals surface area contributed by atoms with Crippen LogP contribution in [0, 0.1) is 5.92 Å². The van der Waals surface area contributed by atoms with Crippen LogP contribution in [0.4, 0.5) is 0 Å². The van der Waals surface area contributed by atoms with Crippen LogP contribution in [-0.2, 0) is 13.0 Å². The monoisotopic (exact) mass is 312 g/mol. The molecule has 0 amide bonds. The molecule has 0 saturated carbocycles. The summed E-state index contributed by atoms with van der Waals surface area (Å²) in [6.45, 7) is 3.11. The number of aromatic nitrogens is 1. The number of ether oxygens (including phenoxy) is 2. The lowest BCUT2D eigenvalue weighted by Gasteiger charge is -2.17. The van der Waals surface area contributed by atoms with Crippen LogP contribution in [0.15, 0.2) is 42.6 Å². The van der Waals surface area contributed by atoms with Crippen molar-refractivity contribution >= 4 is 0 Å². The average Bonchev–Trinajstić information content (AvgIpc) is 3.03. The smallest absolute Gasteiger partial charge is 0.141 e. The Balaban J connectivity index is 1.55. The number of methoxy groups -OCH3 is 2. The fourth-order valence-electron chi connectivity index (χ4n) is 3.26. The maximum absolute atomic E-state index is 5.40. The Morgan fingerprint density at radius 1 is 1.13 bits per heavy atom. The number of hydrogen-bond donors (Lipinski definition) is 0. The summed E-state index contributed by atoms with van der Waals surface area (Å²) in [5.74, 6) is 2.51. The third kappa shape index (κ3) is 4.02. The standard InChI is InChI=1S/C19H24N2O2/c1-22-17-7-5-15(6-8-17)12-16-9-11-21(13-16)14-18-19(23-2)4-3-10-20-18/h3-8,10,16H,9,11-14H2,1-2H3. The molecule has 1 aromatic carbocycles. The summed E-state index contributed by atoms with van der Waals surface area (Å²) in [4.78, 5) is 6.93. The highest BCUT2D eigenvalue weighted by atomic mass is 16.5. The minimum absolute atomic E-state index is 0.707. The van der Waals surface area contributed by atoms with Crippen molar-refractivity contribution in [1.82, 2.24) is 9.88 Å². The SMILES string of the molecule is COc1ccc(CC2CCN(Cc3ncccc3OC)C2)cc1. The summed E-state index contributed by atoms with van der Waals surface area (Å²) in [6, 6.07) is 12.3. The molecule has 0 bridgehead atoms. The van der Waals surface area contributed by atoms with Crippen molar-refractivity contribution in [3.8, 4) is 11.5 Å². The van der Waals surface area contributed by atoms with E-state index in [0.29, 0.717) is 5.92 Å². The normalized spacial score (nSPS) is 18.1. The van der Waals surface area contributed by atoms with Gasteiger partial charge in [0.1, 0.15) is 11.5 Å². The first kappa shape index (κ1) is 15.8. The molecule has 4 nitrogen and oxygen atoms in total. The van der Waals surface area contributed by atoms with E-state index >= 15 is 0 Å². The van der Waals surface area contributed by atoms with E-state index in [9.17, 15) is 0 Å². The van der Waals surface area contributed by atoms with E-state index in [1.54, 1.807) is 14.2 Å². The molecule has 1 aliphatic heterocycles. The van der Waals surface area contributed by atoms with E-state index in [1.165, 1.54) is 12.0 Å². The number of hydrogen-bond acceptors (Lipinski definition) is 4. The molecular weight excluding hydrogens is 288 g/mol. The van der Waals surface area contributed by atoms with Crippen molar-refractivity contribution in [2.45, 2.75) is 19.4 Å². The summed E-state index contributed by atoms with van der Waals surface area (Å²) >= 11 is 0. The molecule has 0 aliphatic carbocycles. The zero-order valence-corrected chi connectivity index (χ0v) is 13.9. The first-order valence-electron chi connectivity index (χ1n) is 8.11. The summed E-state index contributed by atoms with van der Waals surface area (Å²) in [5, 5.41) is 0. The largest absolute Gasteiger partial charge is 0.497 e. The molecular formula is C19H24N2O2. The fourth-order valence-corrected chi connectivity index (χ4v) is 3.26. The lowest BCUT2D eigenvalue weighted by molar-refractivity contribution is 0.303. The summed E-state index contributed by atoms with van der Waals surface area (Å²) in [6.07, 6.45) is 4.20. The fraction of sp³-hybridized carbons (Fsp3) is 0.421. The Bertz CT molecular complexity index is 628. The lowest BCUT2D eigenvalue weighted by atomic mass is 9.99. The molecule has 1 saturated heterocycles. The topological polar surface area (TPSA) is 34.6 Å². The predicted octanol–water partition coefficient (Wildman–Crippen LogP) is 3.16. The van der Waals surface area contributed by atoms with Crippen LogP contribution >= 0.6 is 0 Å². The third-order valence-corrected chi connectivity index (χ3v) is 4.50. The van der Waals surface area contributed by atoms with E-state index in [1.807, 2.05) is 30.5 Å². The molecule has 0 spiro atoms. The predicted molar refractivity (Wildman–Crippen MR) is 90.9 cm³/mol. The van der Waals surface area contributed by atoms with Gasteiger partial charge in [0.15, 0.2) is 0 Å². The Labute approximate surface area is 138 Å². The molecule has 0 radical (unpaired) electrons. The third-order valence-electron chi connectivity index (χ3n) is 4.50. The molecule has 2 aromatic rings. The molecule has 122 valence electrons. The van der Waals surface area contributed by atoms with Gasteiger partial charge in [-0.1, -0.05) is 12.1 Å². The van der Waals surface area contributed by atoms with Gasteiger partial charge in [-0.15, -0.1) is 0 Å². The minimum Gasteiger partial charge on any atom is -0.497 e. The van der Waals surface area contributed by atoms with Crippen LogP contribution in [0.25, 0.3) is 0 Å². The van der Waals surface area contributed by atoms with Crippen LogP contribution in [0.1, 0.15) is 17.7 Å². The zero-order chi connectivity index (χ0) is 16.1. The van der Waals surface area contributed by atoms with Crippen LogP contribution in [0.2, 0.25) is 0 Å². The van der Waals surface area contributed by atoms with E-state index in [0.717, 1.165) is 43.2 Å². The second-order valence-corrected chi connectivity index (χ2v) is 6.09. The van der Waals surface area contributed by atoms with Gasteiger partial charge in [0.05, 0.1) is 19.9 Å². The summed E-state index contributed by atoms with van der Waals surface area (Å²) < 4.78 is 10.6. The highest BCUT2D eigenvalue weighted by Crippen LogP contribution is 2.25. The first-order chi connectivity index (χ1) is 11.3. The summed E-state index contributed by atoms with van der Waals surface area (Å²) in [5.41, 5.74) is 2.41. The number of likely N-dealkylation sites (tertiary alicyclic amines) is 1. The van der Waals surface area contributed by atoms with E-state index in [2.05, 4.69) is 22.0 Å². The van der Waals surface area contributed by atoms with E-state index in [-0.39, 0.29) is 0 Å². The Kier molecular flexibility index (Phi) is 5.13. The number of rotatable bonds is 6. The van der Waals surface area contributed by atoms with Crippen molar-refractivity contribution < 1.29 is 9.47 Å². The van der Waals surface area contributed by atoms with E-state index in [4.69, 9.17) is 9.47 Å². The molecule has 1 unspecified atom stereocenters. The van der Waals surface area contributed by atoms with Gasteiger partial charge in [-0.25, -0.2) is 0 Å². The van der Waals surface area contributed by atoms with Crippen molar-refractivity contribution in [3.63, 3.8) is 0 Å². The zero-order valence-electron chi connectivity index (χ0n) is 13.9. The highest BCUT2D eigenvalue weighted by molar-refractivity contribution is 5.28. The Hall–Kier alpha value is -2.07. The van der Waals surface area contributed by atoms with Crippen molar-refractivity contribution in [2.24, 2.45) is 5.92 Å². The van der Waals surface area contributed by atoms with Gasteiger partial charge in [-0.3, -0.25) is 9.88 Å². The Morgan fingerprint density at radius 3 is 2.70 bits per heavy atom. The molecule has 3 rings (SSSR count). The van der Waals surface area contributed by atoms with Gasteiger partial charge in [-0.05, 0) is 55.1 Å². The average molecular weight is 312 g/mol. The maximum atomic E-state index is 5.40. The molecule has 1 aromatic heterocycles. The van der Waals surface area contributed by atoms with Crippen LogP contribution in [-0.4, -0.2) is 37.2 Å². The summed E-state index contributed by atoms with van der Waals surface area (Å²) in [7, 11) is 3.41. The molecule has 1 fully saturated rings. The van der Waals surface area contributed by atoms with Gasteiger partial charge < -0.3 is 9.47 Å². The van der Waals surface area contributed by atoms with Gasteiger partial charge in [0.2, 0.25) is 0 Å². The minimum atomic E-state index is 0.707. The first-order valence-corrected chi connectivity index (χ1v) is 8.11. The van der Waals surface area contributed by atoms with Crippen molar-refractivity contribution in [2.75, 3.05) is 27.3 Å². The molecule has 0 N–H and O–H groups in total. The second kappa shape index (κ2) is 7.47. The lowest BCUT2D eigenvalue weighted by Crippen LogP contribution is -2.21. The van der Waals surface area contributed by atoms with E-state index < -0.39 is 0 Å². The molecule has 2 heterocycles. The molecule has 1 atom stereocenters. The molecule has 23 heavy (non-hydrogen) atoms. The van der Waals surface area contributed by atoms with Crippen LogP contribution in [0.5, 0.6) is 11.5 Å². The van der Waals surface area contributed by atoms with Gasteiger partial charge >= 0.3 is 0 Å². The quantitative estimate of drug-likeness (QED) is 0.820. The van der Waals surface area contributed by atoms with Gasteiger partial charge in [-0.2, -0.15) is 0 Å². The van der Waals surface area contributed by atoms with Gasteiger partial charge in [0.25, 0.3) is 0 Å². The Morgan fingerprint density at radius 2 is 1.96 bits per heavy atom. The number of nitrogens with zero attached hydrogens (tertiary/aromatic N) is 2. The number of pyridine rings is 1. The maximum Gasteiger partial charge on any atom is 0.141 e. The van der Waals surface area contributed by atoms with Gasteiger partial charge in [0, 0.05) is 19.3 Å². The van der Waals surface area contributed by atoms with Crippen LogP contribution in [0.3, 0.4) is 0 Å². The van der Waals surface area contributed by atoms with Crippen molar-refractivity contribution in [1.29, 1.82) is 0 Å². The van der Waals surface area contributed by atoms with Crippen LogP contribution < -0.4 is 9.47 Å². The van der Waals surface area contributed by atoms with Crippen molar-refractivity contribution in [3.05, 3.63) is 53.9 Å². The molecule has 1 aliphatic rings. The second-order valence-electron chi connectivity index (χ2n) is 6.09. The number of benzene rings is 1. The highest BCUT2D eigenvalue weighted by Gasteiger charge is 2.23. The molecule has 4 heteroatoms.